The van der Waals surface area contributed by atoms with Crippen LogP contribution in [0.25, 0.3) is 0 Å². The van der Waals surface area contributed by atoms with Gasteiger partial charge in [-0.3, -0.25) is 4.79 Å². The Bertz CT molecular complexity index is 658. The third kappa shape index (κ3) is 3.67. The molecule has 1 atom stereocenters. The lowest BCUT2D eigenvalue weighted by Gasteiger charge is -2.24. The minimum Gasteiger partial charge on any atom is -0.312 e. The lowest BCUT2D eigenvalue weighted by atomic mass is 9.99. The summed E-state index contributed by atoms with van der Waals surface area (Å²) >= 11 is 0. The molecule has 1 aromatic rings. The molecule has 22 heavy (non-hydrogen) atoms. The Hall–Kier alpha value is -1.40. The van der Waals surface area contributed by atoms with Crippen LogP contribution in [0.1, 0.15) is 37.0 Å². The summed E-state index contributed by atoms with van der Waals surface area (Å²) in [6.45, 7) is 6.62. The Labute approximate surface area is 132 Å². The molecule has 1 heterocycles. The summed E-state index contributed by atoms with van der Waals surface area (Å²) in [5.74, 6) is -0.371. The van der Waals surface area contributed by atoms with Crippen LogP contribution in [-0.4, -0.2) is 26.6 Å². The molecule has 0 saturated carbocycles. The maximum absolute atomic E-state index is 12.4. The molecule has 0 aliphatic carbocycles. The van der Waals surface area contributed by atoms with Crippen molar-refractivity contribution < 1.29 is 13.2 Å². The number of anilines is 1. The van der Waals surface area contributed by atoms with Gasteiger partial charge in [0.05, 0.1) is 5.75 Å². The van der Waals surface area contributed by atoms with Gasteiger partial charge in [0.15, 0.2) is 0 Å². The molecule has 0 radical (unpaired) electrons. The van der Waals surface area contributed by atoms with E-state index in [1.165, 1.54) is 5.56 Å². The van der Waals surface area contributed by atoms with Crippen LogP contribution in [0.3, 0.4) is 0 Å². The third-order valence-electron chi connectivity index (χ3n) is 4.12. The number of carbonyl (C=O) groups is 1. The number of carbonyl (C=O) groups excluding carboxylic acids is 1. The first kappa shape index (κ1) is 17.0. The fourth-order valence-corrected chi connectivity index (χ4v) is 4.14. The van der Waals surface area contributed by atoms with Crippen LogP contribution in [0.4, 0.5) is 5.69 Å². The van der Waals surface area contributed by atoms with Crippen LogP contribution in [0.15, 0.2) is 12.1 Å². The van der Waals surface area contributed by atoms with Gasteiger partial charge in [0, 0.05) is 24.6 Å². The first-order chi connectivity index (χ1) is 10.2. The lowest BCUT2D eigenvalue weighted by molar-refractivity contribution is -0.117. The normalized spacial score (nSPS) is 19.0. The summed E-state index contributed by atoms with van der Waals surface area (Å²) in [6.07, 6.45) is 1.93. The van der Waals surface area contributed by atoms with Crippen molar-refractivity contribution in [2.75, 3.05) is 17.2 Å². The molecule has 1 aliphatic heterocycles. The largest absolute Gasteiger partial charge is 0.312 e. The van der Waals surface area contributed by atoms with Crippen molar-refractivity contribution in [3.05, 3.63) is 28.8 Å². The van der Waals surface area contributed by atoms with E-state index in [2.05, 4.69) is 32.9 Å². The first-order valence-electron chi connectivity index (χ1n) is 7.68. The van der Waals surface area contributed by atoms with E-state index in [0.717, 1.165) is 29.7 Å². The monoisotopic (exact) mass is 324 g/mol. The van der Waals surface area contributed by atoms with Gasteiger partial charge < -0.3 is 4.90 Å². The van der Waals surface area contributed by atoms with Crippen LogP contribution < -0.4 is 10.0 Å². The summed E-state index contributed by atoms with van der Waals surface area (Å²) in [6, 6.07) is 4.21. The van der Waals surface area contributed by atoms with Crippen LogP contribution >= 0.6 is 0 Å². The molecular formula is C16H24N2O3S. The van der Waals surface area contributed by atoms with Gasteiger partial charge in [-0.2, -0.15) is 0 Å². The molecule has 1 aliphatic rings. The summed E-state index contributed by atoms with van der Waals surface area (Å²) in [7, 11) is -3.55. The molecule has 0 bridgehead atoms. The number of primary sulfonamides is 1. The van der Waals surface area contributed by atoms with Crippen molar-refractivity contribution in [3.8, 4) is 0 Å². The summed E-state index contributed by atoms with van der Waals surface area (Å²) in [4.78, 5) is 14.1. The average Bonchev–Trinajstić information content (AvgIpc) is 2.75. The SMILES string of the molecule is CCc1cc(C)cc(CC)c1N1CC(CS(N)(=O)=O)CC1=O. The topological polar surface area (TPSA) is 80.5 Å². The van der Waals surface area contributed by atoms with Gasteiger partial charge in [0.2, 0.25) is 15.9 Å². The first-order valence-corrected chi connectivity index (χ1v) is 9.40. The Balaban J connectivity index is 2.38. The van der Waals surface area contributed by atoms with Crippen LogP contribution in [0.2, 0.25) is 0 Å². The van der Waals surface area contributed by atoms with E-state index >= 15 is 0 Å². The van der Waals surface area contributed by atoms with Crippen molar-refractivity contribution in [1.29, 1.82) is 0 Å². The number of rotatable bonds is 5. The summed E-state index contributed by atoms with van der Waals surface area (Å²) in [5, 5.41) is 5.12. The summed E-state index contributed by atoms with van der Waals surface area (Å²) in [5.41, 5.74) is 4.44. The van der Waals surface area contributed by atoms with Crippen LogP contribution in [0, 0.1) is 12.8 Å². The van der Waals surface area contributed by atoms with Gasteiger partial charge >= 0.3 is 0 Å². The van der Waals surface area contributed by atoms with Gasteiger partial charge in [-0.15, -0.1) is 0 Å². The Morgan fingerprint density at radius 2 is 1.77 bits per heavy atom. The number of hydrogen-bond acceptors (Lipinski definition) is 3. The standard InChI is InChI=1S/C16H24N2O3S/c1-4-13-6-11(3)7-14(5-2)16(13)18-9-12(8-15(18)19)10-22(17,20)21/h6-7,12H,4-5,8-10H2,1-3H3,(H2,17,20,21). The molecular weight excluding hydrogens is 300 g/mol. The Kier molecular flexibility index (Phi) is 4.92. The zero-order valence-electron chi connectivity index (χ0n) is 13.4. The molecule has 6 heteroatoms. The van der Waals surface area contributed by atoms with Crippen LogP contribution in [0.5, 0.6) is 0 Å². The van der Waals surface area contributed by atoms with Crippen molar-refractivity contribution >= 4 is 21.6 Å². The van der Waals surface area contributed by atoms with E-state index in [1.807, 2.05) is 0 Å². The zero-order chi connectivity index (χ0) is 16.5. The van der Waals surface area contributed by atoms with Gasteiger partial charge in [-0.25, -0.2) is 13.6 Å². The fraction of sp³-hybridized carbons (Fsp3) is 0.562. The van der Waals surface area contributed by atoms with E-state index in [4.69, 9.17) is 5.14 Å². The molecule has 2 rings (SSSR count). The Morgan fingerprint density at radius 3 is 2.23 bits per heavy atom. The summed E-state index contributed by atoms with van der Waals surface area (Å²) < 4.78 is 22.6. The highest BCUT2D eigenvalue weighted by molar-refractivity contribution is 7.89. The van der Waals surface area contributed by atoms with E-state index in [0.29, 0.717) is 6.54 Å². The van der Waals surface area contributed by atoms with Gasteiger partial charge in [0.1, 0.15) is 0 Å². The van der Waals surface area contributed by atoms with Crippen LogP contribution in [-0.2, 0) is 27.7 Å². The highest BCUT2D eigenvalue weighted by Gasteiger charge is 2.34. The van der Waals surface area contributed by atoms with E-state index in [9.17, 15) is 13.2 Å². The number of amides is 1. The molecule has 1 amide bonds. The van der Waals surface area contributed by atoms with Gasteiger partial charge in [0.25, 0.3) is 0 Å². The third-order valence-corrected chi connectivity index (χ3v) is 5.05. The van der Waals surface area contributed by atoms with Crippen molar-refractivity contribution in [3.63, 3.8) is 0 Å². The number of nitrogens with two attached hydrogens (primary N) is 1. The van der Waals surface area contributed by atoms with E-state index < -0.39 is 10.0 Å². The minimum atomic E-state index is -3.55. The maximum atomic E-state index is 12.4. The number of benzene rings is 1. The smallest absolute Gasteiger partial charge is 0.227 e. The number of nitrogens with zero attached hydrogens (tertiary/aromatic N) is 1. The zero-order valence-corrected chi connectivity index (χ0v) is 14.2. The second kappa shape index (κ2) is 6.38. The molecule has 1 fully saturated rings. The lowest BCUT2D eigenvalue weighted by Crippen LogP contribution is -2.29. The average molecular weight is 324 g/mol. The molecule has 2 N–H and O–H groups in total. The van der Waals surface area contributed by atoms with E-state index in [1.54, 1.807) is 4.90 Å². The number of sulfonamides is 1. The molecule has 0 aromatic heterocycles. The molecule has 122 valence electrons. The molecule has 0 spiro atoms. The molecule has 5 nitrogen and oxygen atoms in total. The van der Waals surface area contributed by atoms with Gasteiger partial charge in [-0.05, 0) is 30.9 Å². The second-order valence-electron chi connectivity index (χ2n) is 6.04. The molecule has 1 unspecified atom stereocenters. The quantitative estimate of drug-likeness (QED) is 0.896. The molecule has 1 saturated heterocycles. The maximum Gasteiger partial charge on any atom is 0.227 e. The fourth-order valence-electron chi connectivity index (χ4n) is 3.26. The minimum absolute atomic E-state index is 0.0121. The van der Waals surface area contributed by atoms with Gasteiger partial charge in [-0.1, -0.05) is 31.5 Å². The second-order valence-corrected chi connectivity index (χ2v) is 7.70. The number of aryl methyl sites for hydroxylation is 3. The molecule has 1 aromatic carbocycles. The number of hydrogen-bond donors (Lipinski definition) is 1. The van der Waals surface area contributed by atoms with E-state index in [-0.39, 0.29) is 24.0 Å². The van der Waals surface area contributed by atoms with Crippen molar-refractivity contribution in [2.24, 2.45) is 11.1 Å². The Morgan fingerprint density at radius 1 is 1.23 bits per heavy atom. The predicted octanol–water partition coefficient (Wildman–Crippen LogP) is 1.76. The highest BCUT2D eigenvalue weighted by Crippen LogP contribution is 2.33. The predicted molar refractivity (Wildman–Crippen MR) is 88.4 cm³/mol. The van der Waals surface area contributed by atoms with Crippen molar-refractivity contribution in [2.45, 2.75) is 40.0 Å². The van der Waals surface area contributed by atoms with Crippen molar-refractivity contribution in [1.82, 2.24) is 0 Å². The highest BCUT2D eigenvalue weighted by atomic mass is 32.2.